The SMILES string of the molecule is O=S(=O)(Nc1cc(C(F)(F)F)ccc1Cl)c1ccc2ccccc2c1. The van der Waals surface area contributed by atoms with Crippen molar-refractivity contribution in [1.29, 1.82) is 0 Å². The maximum absolute atomic E-state index is 12.8. The van der Waals surface area contributed by atoms with E-state index in [0.29, 0.717) is 11.5 Å². The minimum atomic E-state index is -4.60. The molecule has 3 aromatic rings. The van der Waals surface area contributed by atoms with E-state index in [1.54, 1.807) is 18.2 Å². The normalized spacial score (nSPS) is 12.3. The van der Waals surface area contributed by atoms with Crippen LogP contribution < -0.4 is 4.72 Å². The number of anilines is 1. The zero-order valence-electron chi connectivity index (χ0n) is 12.5. The highest BCUT2D eigenvalue weighted by molar-refractivity contribution is 7.92. The molecule has 1 N–H and O–H groups in total. The molecule has 3 aromatic carbocycles. The standard InChI is InChI=1S/C17H11ClF3NO2S/c18-15-8-6-13(17(19,20)21)10-16(15)22-25(23,24)14-7-5-11-3-1-2-4-12(11)9-14/h1-10,22H. The van der Waals surface area contributed by atoms with E-state index in [1.807, 2.05) is 12.1 Å². The van der Waals surface area contributed by atoms with E-state index in [4.69, 9.17) is 11.6 Å². The van der Waals surface area contributed by atoms with Crippen LogP contribution in [0.1, 0.15) is 5.56 Å². The second kappa shape index (κ2) is 6.24. The predicted molar refractivity (Wildman–Crippen MR) is 91.2 cm³/mol. The van der Waals surface area contributed by atoms with Crippen molar-refractivity contribution in [2.24, 2.45) is 0 Å². The molecule has 0 unspecified atom stereocenters. The number of sulfonamides is 1. The number of alkyl halides is 3. The molecule has 0 saturated heterocycles. The number of halogens is 4. The summed E-state index contributed by atoms with van der Waals surface area (Å²) >= 11 is 5.84. The molecular formula is C17H11ClF3NO2S. The first-order valence-electron chi connectivity index (χ1n) is 7.05. The Hall–Kier alpha value is -2.25. The molecule has 0 atom stereocenters. The third kappa shape index (κ3) is 3.72. The molecule has 0 spiro atoms. The maximum atomic E-state index is 12.8. The Morgan fingerprint density at radius 2 is 1.56 bits per heavy atom. The van der Waals surface area contributed by atoms with Gasteiger partial charge >= 0.3 is 6.18 Å². The lowest BCUT2D eigenvalue weighted by atomic mass is 10.1. The molecule has 8 heteroatoms. The van der Waals surface area contributed by atoms with E-state index in [-0.39, 0.29) is 15.6 Å². The van der Waals surface area contributed by atoms with Crippen molar-refractivity contribution in [3.8, 4) is 0 Å². The zero-order chi connectivity index (χ0) is 18.2. The molecule has 0 radical (unpaired) electrons. The van der Waals surface area contributed by atoms with Crippen LogP contribution in [-0.4, -0.2) is 8.42 Å². The van der Waals surface area contributed by atoms with Crippen LogP contribution in [0, 0.1) is 0 Å². The van der Waals surface area contributed by atoms with Gasteiger partial charge in [0.15, 0.2) is 0 Å². The summed E-state index contributed by atoms with van der Waals surface area (Å²) in [6.45, 7) is 0. The fourth-order valence-electron chi connectivity index (χ4n) is 2.32. The summed E-state index contributed by atoms with van der Waals surface area (Å²) in [4.78, 5) is -0.0697. The maximum Gasteiger partial charge on any atom is 0.416 e. The van der Waals surface area contributed by atoms with Gasteiger partial charge in [-0.1, -0.05) is 41.9 Å². The molecule has 0 aliphatic rings. The summed E-state index contributed by atoms with van der Waals surface area (Å²) in [7, 11) is -4.09. The highest BCUT2D eigenvalue weighted by Gasteiger charge is 2.31. The van der Waals surface area contributed by atoms with Crippen molar-refractivity contribution in [1.82, 2.24) is 0 Å². The lowest BCUT2D eigenvalue weighted by Crippen LogP contribution is -2.14. The molecule has 0 amide bonds. The Balaban J connectivity index is 2.00. The molecule has 0 aliphatic carbocycles. The monoisotopic (exact) mass is 385 g/mol. The third-order valence-electron chi connectivity index (χ3n) is 3.57. The van der Waals surface area contributed by atoms with Gasteiger partial charge in [-0.2, -0.15) is 13.2 Å². The summed E-state index contributed by atoms with van der Waals surface area (Å²) in [5.41, 5.74) is -1.32. The summed E-state index contributed by atoms with van der Waals surface area (Å²) in [6.07, 6.45) is -4.60. The molecule has 0 heterocycles. The van der Waals surface area contributed by atoms with Gasteiger partial charge in [0, 0.05) is 0 Å². The fraction of sp³-hybridized carbons (Fsp3) is 0.0588. The van der Waals surface area contributed by atoms with Crippen LogP contribution in [0.5, 0.6) is 0 Å². The molecular weight excluding hydrogens is 375 g/mol. The molecule has 3 rings (SSSR count). The van der Waals surface area contributed by atoms with Gasteiger partial charge in [-0.3, -0.25) is 4.72 Å². The average Bonchev–Trinajstić information content (AvgIpc) is 2.55. The Bertz CT molecular complexity index is 1050. The lowest BCUT2D eigenvalue weighted by molar-refractivity contribution is -0.137. The van der Waals surface area contributed by atoms with Crippen LogP contribution >= 0.6 is 11.6 Å². The molecule has 0 bridgehead atoms. The van der Waals surface area contributed by atoms with Gasteiger partial charge in [0.1, 0.15) is 0 Å². The fourth-order valence-corrected chi connectivity index (χ4v) is 3.64. The second-order valence-electron chi connectivity index (χ2n) is 5.31. The van der Waals surface area contributed by atoms with Crippen molar-refractivity contribution in [3.63, 3.8) is 0 Å². The Kier molecular flexibility index (Phi) is 4.38. The summed E-state index contributed by atoms with van der Waals surface area (Å²) in [6, 6.07) is 14.0. The molecule has 0 aliphatic heterocycles. The second-order valence-corrected chi connectivity index (χ2v) is 7.40. The van der Waals surface area contributed by atoms with Gasteiger partial charge in [-0.15, -0.1) is 0 Å². The lowest BCUT2D eigenvalue weighted by Gasteiger charge is -2.13. The van der Waals surface area contributed by atoms with Gasteiger partial charge in [0.05, 0.1) is 21.2 Å². The topological polar surface area (TPSA) is 46.2 Å². The van der Waals surface area contributed by atoms with Crippen molar-refractivity contribution in [2.75, 3.05) is 4.72 Å². The zero-order valence-corrected chi connectivity index (χ0v) is 14.1. The summed E-state index contributed by atoms with van der Waals surface area (Å²) in [5.74, 6) is 0. The Labute approximate surface area is 147 Å². The number of hydrogen-bond acceptors (Lipinski definition) is 2. The predicted octanol–water partition coefficient (Wildman–Crippen LogP) is 5.31. The molecule has 0 aromatic heterocycles. The number of benzene rings is 3. The van der Waals surface area contributed by atoms with E-state index >= 15 is 0 Å². The van der Waals surface area contributed by atoms with Crippen LogP contribution in [-0.2, 0) is 16.2 Å². The van der Waals surface area contributed by atoms with Crippen LogP contribution in [0.3, 0.4) is 0 Å². The van der Waals surface area contributed by atoms with Crippen LogP contribution in [0.2, 0.25) is 5.02 Å². The average molecular weight is 386 g/mol. The van der Waals surface area contributed by atoms with Crippen molar-refractivity contribution in [2.45, 2.75) is 11.1 Å². The first kappa shape index (κ1) is 17.6. The van der Waals surface area contributed by atoms with Crippen molar-refractivity contribution in [3.05, 3.63) is 71.2 Å². The van der Waals surface area contributed by atoms with Crippen molar-refractivity contribution >= 4 is 38.1 Å². The van der Waals surface area contributed by atoms with E-state index in [0.717, 1.165) is 17.5 Å². The van der Waals surface area contributed by atoms with Gasteiger partial charge in [0.25, 0.3) is 10.0 Å². The number of rotatable bonds is 3. The summed E-state index contributed by atoms with van der Waals surface area (Å²) in [5, 5.41) is 1.41. The van der Waals surface area contributed by atoms with E-state index in [9.17, 15) is 21.6 Å². The van der Waals surface area contributed by atoms with Crippen LogP contribution in [0.25, 0.3) is 10.8 Å². The Morgan fingerprint density at radius 3 is 2.24 bits per heavy atom. The first-order valence-corrected chi connectivity index (χ1v) is 8.91. The molecule has 3 nitrogen and oxygen atoms in total. The highest BCUT2D eigenvalue weighted by Crippen LogP contribution is 2.34. The highest BCUT2D eigenvalue weighted by atomic mass is 35.5. The number of nitrogens with one attached hydrogen (secondary N) is 1. The summed E-state index contributed by atoms with van der Waals surface area (Å²) < 4.78 is 65.6. The van der Waals surface area contributed by atoms with Gasteiger partial charge in [-0.05, 0) is 41.1 Å². The van der Waals surface area contributed by atoms with Crippen LogP contribution in [0.15, 0.2) is 65.6 Å². The molecule has 25 heavy (non-hydrogen) atoms. The van der Waals surface area contributed by atoms with Gasteiger partial charge in [-0.25, -0.2) is 8.42 Å². The Morgan fingerprint density at radius 1 is 0.880 bits per heavy atom. The third-order valence-corrected chi connectivity index (χ3v) is 5.26. The first-order chi connectivity index (χ1) is 11.7. The van der Waals surface area contributed by atoms with Gasteiger partial charge in [0.2, 0.25) is 0 Å². The number of fused-ring (bicyclic) bond motifs is 1. The molecule has 0 saturated carbocycles. The smallest absolute Gasteiger partial charge is 0.278 e. The van der Waals surface area contributed by atoms with E-state index in [1.165, 1.54) is 12.1 Å². The van der Waals surface area contributed by atoms with E-state index < -0.39 is 21.8 Å². The van der Waals surface area contributed by atoms with Crippen molar-refractivity contribution < 1.29 is 21.6 Å². The largest absolute Gasteiger partial charge is 0.416 e. The minimum Gasteiger partial charge on any atom is -0.278 e. The quantitative estimate of drug-likeness (QED) is 0.663. The van der Waals surface area contributed by atoms with Crippen LogP contribution in [0.4, 0.5) is 18.9 Å². The number of hydrogen-bond donors (Lipinski definition) is 1. The molecule has 130 valence electrons. The minimum absolute atomic E-state index is 0.0697. The van der Waals surface area contributed by atoms with Gasteiger partial charge < -0.3 is 0 Å². The molecule has 0 fully saturated rings. The van der Waals surface area contributed by atoms with E-state index in [2.05, 4.69) is 4.72 Å².